The van der Waals surface area contributed by atoms with E-state index in [1.54, 1.807) is 0 Å². The van der Waals surface area contributed by atoms with E-state index in [0.717, 1.165) is 23.5 Å². The molecule has 0 N–H and O–H groups in total. The monoisotopic (exact) mass is 220 g/mol. The Labute approximate surface area is 95.2 Å². The molecular weight excluding hydrogens is 204 g/mol. The molecule has 0 spiro atoms. The maximum absolute atomic E-state index is 10.3. The van der Waals surface area contributed by atoms with Crippen LogP contribution in [-0.2, 0) is 11.2 Å². The van der Waals surface area contributed by atoms with Crippen molar-refractivity contribution in [2.45, 2.75) is 25.8 Å². The SMILES string of the molecule is CC1COc2ccc(CCC=O)nc2N1C. The number of carbonyl (C=O) groups is 1. The largest absolute Gasteiger partial charge is 0.488 e. The maximum atomic E-state index is 10.3. The van der Waals surface area contributed by atoms with Crippen molar-refractivity contribution < 1.29 is 9.53 Å². The zero-order chi connectivity index (χ0) is 11.5. The van der Waals surface area contributed by atoms with Crippen molar-refractivity contribution in [1.82, 2.24) is 4.98 Å². The third-order valence-corrected chi connectivity index (χ3v) is 2.89. The molecule has 0 fully saturated rings. The predicted molar refractivity (Wildman–Crippen MR) is 62.0 cm³/mol. The van der Waals surface area contributed by atoms with Crippen LogP contribution in [0.3, 0.4) is 0 Å². The minimum Gasteiger partial charge on any atom is -0.488 e. The molecule has 0 radical (unpaired) electrons. The van der Waals surface area contributed by atoms with Crippen LogP contribution in [0.2, 0.25) is 0 Å². The number of rotatable bonds is 3. The molecule has 1 aromatic heterocycles. The van der Waals surface area contributed by atoms with Crippen molar-refractivity contribution >= 4 is 12.1 Å². The van der Waals surface area contributed by atoms with Gasteiger partial charge in [0.25, 0.3) is 0 Å². The predicted octanol–water partition coefficient (Wildman–Crippen LogP) is 1.43. The van der Waals surface area contributed by atoms with E-state index in [9.17, 15) is 4.79 Å². The molecule has 0 amide bonds. The Balaban J connectivity index is 2.25. The van der Waals surface area contributed by atoms with Gasteiger partial charge in [-0.3, -0.25) is 0 Å². The van der Waals surface area contributed by atoms with Crippen LogP contribution in [0.25, 0.3) is 0 Å². The molecule has 1 aliphatic rings. The highest BCUT2D eigenvalue weighted by Crippen LogP contribution is 2.30. The van der Waals surface area contributed by atoms with E-state index in [4.69, 9.17) is 4.74 Å². The lowest BCUT2D eigenvalue weighted by molar-refractivity contribution is -0.107. The van der Waals surface area contributed by atoms with Gasteiger partial charge in [-0.05, 0) is 25.5 Å². The molecule has 1 aromatic rings. The number of likely N-dealkylation sites (N-methyl/N-ethyl adjacent to an activating group) is 1. The molecule has 16 heavy (non-hydrogen) atoms. The van der Waals surface area contributed by atoms with Crippen molar-refractivity contribution in [2.75, 3.05) is 18.6 Å². The van der Waals surface area contributed by atoms with Gasteiger partial charge >= 0.3 is 0 Å². The van der Waals surface area contributed by atoms with Crippen LogP contribution in [0.1, 0.15) is 19.0 Å². The maximum Gasteiger partial charge on any atom is 0.171 e. The number of aromatic nitrogens is 1. The number of aryl methyl sites for hydroxylation is 1. The molecule has 4 nitrogen and oxygen atoms in total. The molecule has 0 aromatic carbocycles. The van der Waals surface area contributed by atoms with Gasteiger partial charge in [0.05, 0.1) is 6.04 Å². The van der Waals surface area contributed by atoms with E-state index < -0.39 is 0 Å². The zero-order valence-electron chi connectivity index (χ0n) is 9.64. The van der Waals surface area contributed by atoms with E-state index >= 15 is 0 Å². The first-order chi connectivity index (χ1) is 7.72. The van der Waals surface area contributed by atoms with Gasteiger partial charge in [0.1, 0.15) is 12.9 Å². The average molecular weight is 220 g/mol. The van der Waals surface area contributed by atoms with E-state index in [0.29, 0.717) is 25.5 Å². The van der Waals surface area contributed by atoms with Gasteiger partial charge in [0.15, 0.2) is 11.6 Å². The number of carbonyl (C=O) groups excluding carboxylic acids is 1. The Kier molecular flexibility index (Phi) is 3.08. The Morgan fingerprint density at radius 3 is 3.19 bits per heavy atom. The lowest BCUT2D eigenvalue weighted by Gasteiger charge is -2.32. The second kappa shape index (κ2) is 4.51. The van der Waals surface area contributed by atoms with Crippen LogP contribution in [0.4, 0.5) is 5.82 Å². The summed E-state index contributed by atoms with van der Waals surface area (Å²) < 4.78 is 5.59. The standard InChI is InChI=1S/C12H16N2O2/c1-9-8-16-11-6-5-10(4-3-7-15)13-12(11)14(9)2/h5-7,9H,3-4,8H2,1-2H3. The van der Waals surface area contributed by atoms with Gasteiger partial charge < -0.3 is 14.4 Å². The quantitative estimate of drug-likeness (QED) is 0.723. The summed E-state index contributed by atoms with van der Waals surface area (Å²) >= 11 is 0. The fourth-order valence-electron chi connectivity index (χ4n) is 1.72. The van der Waals surface area contributed by atoms with Crippen molar-refractivity contribution in [3.05, 3.63) is 17.8 Å². The second-order valence-electron chi connectivity index (χ2n) is 4.10. The fourth-order valence-corrected chi connectivity index (χ4v) is 1.72. The Hall–Kier alpha value is -1.58. The number of aldehydes is 1. The summed E-state index contributed by atoms with van der Waals surface area (Å²) in [5.41, 5.74) is 0.940. The molecule has 0 saturated heterocycles. The van der Waals surface area contributed by atoms with Gasteiger partial charge in [-0.25, -0.2) is 4.98 Å². The molecule has 1 aliphatic heterocycles. The highest BCUT2D eigenvalue weighted by atomic mass is 16.5. The van der Waals surface area contributed by atoms with Crippen LogP contribution >= 0.6 is 0 Å². The summed E-state index contributed by atoms with van der Waals surface area (Å²) in [5, 5.41) is 0. The van der Waals surface area contributed by atoms with Crippen LogP contribution in [-0.4, -0.2) is 31.0 Å². The molecule has 0 bridgehead atoms. The molecule has 1 atom stereocenters. The van der Waals surface area contributed by atoms with Gasteiger partial charge in [-0.15, -0.1) is 0 Å². The minimum atomic E-state index is 0.335. The third kappa shape index (κ3) is 2.01. The molecule has 4 heteroatoms. The van der Waals surface area contributed by atoms with Crippen LogP contribution in [0.5, 0.6) is 5.75 Å². The molecule has 2 rings (SSSR count). The highest BCUT2D eigenvalue weighted by Gasteiger charge is 2.22. The highest BCUT2D eigenvalue weighted by molar-refractivity contribution is 5.55. The van der Waals surface area contributed by atoms with Crippen LogP contribution in [0.15, 0.2) is 12.1 Å². The Bertz CT molecular complexity index is 393. The van der Waals surface area contributed by atoms with E-state index in [1.165, 1.54) is 0 Å². The summed E-state index contributed by atoms with van der Waals surface area (Å²) in [7, 11) is 2.02. The van der Waals surface area contributed by atoms with E-state index in [-0.39, 0.29) is 0 Å². The van der Waals surface area contributed by atoms with Gasteiger partial charge in [-0.2, -0.15) is 0 Å². The molecule has 1 unspecified atom stereocenters. The van der Waals surface area contributed by atoms with Crippen molar-refractivity contribution in [1.29, 1.82) is 0 Å². The fraction of sp³-hybridized carbons (Fsp3) is 0.500. The van der Waals surface area contributed by atoms with E-state index in [2.05, 4.69) is 16.8 Å². The van der Waals surface area contributed by atoms with Crippen LogP contribution < -0.4 is 9.64 Å². The summed E-state index contributed by atoms with van der Waals surface area (Å²) in [4.78, 5) is 17.0. The molecule has 0 saturated carbocycles. The second-order valence-corrected chi connectivity index (χ2v) is 4.10. The summed E-state index contributed by atoms with van der Waals surface area (Å²) in [6, 6.07) is 4.19. The number of anilines is 1. The minimum absolute atomic E-state index is 0.335. The summed E-state index contributed by atoms with van der Waals surface area (Å²) in [5.74, 6) is 1.71. The lowest BCUT2D eigenvalue weighted by Crippen LogP contribution is -2.38. The molecule has 0 aliphatic carbocycles. The summed E-state index contributed by atoms with van der Waals surface area (Å²) in [6.07, 6.45) is 2.13. The smallest absolute Gasteiger partial charge is 0.171 e. The number of pyridine rings is 1. The van der Waals surface area contributed by atoms with Gasteiger partial charge in [0, 0.05) is 19.2 Å². The first kappa shape index (κ1) is 10.9. The number of nitrogens with zero attached hydrogens (tertiary/aromatic N) is 2. The first-order valence-corrected chi connectivity index (χ1v) is 5.51. The number of hydrogen-bond acceptors (Lipinski definition) is 4. The van der Waals surface area contributed by atoms with Crippen molar-refractivity contribution in [3.8, 4) is 5.75 Å². The topological polar surface area (TPSA) is 42.4 Å². The summed E-state index contributed by atoms with van der Waals surface area (Å²) in [6.45, 7) is 2.79. The van der Waals surface area contributed by atoms with Gasteiger partial charge in [-0.1, -0.05) is 0 Å². The lowest BCUT2D eigenvalue weighted by atomic mass is 10.2. The van der Waals surface area contributed by atoms with Gasteiger partial charge in [0.2, 0.25) is 0 Å². The first-order valence-electron chi connectivity index (χ1n) is 5.51. The van der Waals surface area contributed by atoms with Crippen molar-refractivity contribution in [2.24, 2.45) is 0 Å². The molecule has 2 heterocycles. The number of hydrogen-bond donors (Lipinski definition) is 0. The Morgan fingerprint density at radius 2 is 2.44 bits per heavy atom. The van der Waals surface area contributed by atoms with Crippen molar-refractivity contribution in [3.63, 3.8) is 0 Å². The Morgan fingerprint density at radius 1 is 1.62 bits per heavy atom. The van der Waals surface area contributed by atoms with Crippen LogP contribution in [0, 0.1) is 0 Å². The molecule has 86 valence electrons. The number of ether oxygens (including phenoxy) is 1. The third-order valence-electron chi connectivity index (χ3n) is 2.89. The normalized spacial score (nSPS) is 18.9. The number of fused-ring (bicyclic) bond motifs is 1. The zero-order valence-corrected chi connectivity index (χ0v) is 9.64. The molecular formula is C12H16N2O2. The van der Waals surface area contributed by atoms with E-state index in [1.807, 2.05) is 19.2 Å². The average Bonchev–Trinajstić information content (AvgIpc) is 2.31.